The lowest BCUT2D eigenvalue weighted by Gasteiger charge is -1.98. The molecule has 0 aromatic carbocycles. The summed E-state index contributed by atoms with van der Waals surface area (Å²) < 4.78 is 17.8. The lowest BCUT2D eigenvalue weighted by atomic mass is 10.6. The summed E-state index contributed by atoms with van der Waals surface area (Å²) in [4.78, 5) is -0.131. The smallest absolute Gasteiger partial charge is 0.446 e. The third-order valence-corrected chi connectivity index (χ3v) is 3.03. The topological polar surface area (TPSA) is 282 Å². The van der Waals surface area contributed by atoms with E-state index in [1.165, 1.54) is 0 Å². The molecule has 5 rings (SSSR count). The van der Waals surface area contributed by atoms with E-state index in [0.717, 1.165) is 0 Å². The maximum absolute atomic E-state index is 12.3. The molecule has 4 aromatic heterocycles. The van der Waals surface area contributed by atoms with Gasteiger partial charge in [0, 0.05) is 10.3 Å². The van der Waals surface area contributed by atoms with E-state index in [4.69, 9.17) is 0 Å². The molecule has 0 aliphatic carbocycles. The summed E-state index contributed by atoms with van der Waals surface area (Å²) in [7, 11) is 0. The molecule has 4 aromatic rings. The molecule has 0 bridgehead atoms. The fourth-order valence-electron chi connectivity index (χ4n) is 1.79. The van der Waals surface area contributed by atoms with E-state index in [9.17, 15) is 10.4 Å². The molecule has 0 N–H and O–H groups in total. The molecule has 148 valence electrons. The summed E-state index contributed by atoms with van der Waals surface area (Å²) in [6, 6.07) is 0. The normalized spacial score (nSPS) is 13.7. The molecule has 0 spiro atoms. The number of hydrogen-bond donors (Lipinski definition) is 0. The molecule has 1 aliphatic heterocycles. The highest BCUT2D eigenvalue weighted by molar-refractivity contribution is 5.51. The lowest BCUT2D eigenvalue weighted by Crippen LogP contribution is -1.92. The Bertz CT molecular complexity index is 1230. The molecule has 1 aliphatic rings. The first-order valence-electron chi connectivity index (χ1n) is 7.20. The molecule has 0 amide bonds. The van der Waals surface area contributed by atoms with Crippen molar-refractivity contribution in [2.24, 2.45) is 30.7 Å². The Kier molecular flexibility index (Phi) is 3.69. The van der Waals surface area contributed by atoms with Crippen LogP contribution in [-0.2, 0) is 0 Å². The van der Waals surface area contributed by atoms with E-state index >= 15 is 0 Å². The average Bonchev–Trinajstić information content (AvgIpc) is 3.51. The Morgan fingerprint density at radius 2 is 0.767 bits per heavy atom. The van der Waals surface area contributed by atoms with Gasteiger partial charge in [-0.05, 0) is 20.6 Å². The van der Waals surface area contributed by atoms with E-state index in [1.807, 2.05) is 0 Å². The summed E-state index contributed by atoms with van der Waals surface area (Å²) in [5.74, 6) is -3.47. The fraction of sp³-hybridized carbons (Fsp3) is 0. The first-order valence-corrected chi connectivity index (χ1v) is 7.20. The molecule has 0 unspecified atom stereocenters. The molecular formula is C8N16O6. The molecule has 0 fully saturated rings. The zero-order chi connectivity index (χ0) is 20.5. The van der Waals surface area contributed by atoms with Gasteiger partial charge in [0.25, 0.3) is 23.3 Å². The van der Waals surface area contributed by atoms with Gasteiger partial charge in [-0.15, -0.1) is 39.4 Å². The van der Waals surface area contributed by atoms with Crippen molar-refractivity contribution < 1.29 is 28.2 Å². The minimum absolute atomic E-state index is 0.0654. The van der Waals surface area contributed by atoms with Crippen LogP contribution in [0.2, 0.25) is 0 Å². The van der Waals surface area contributed by atoms with E-state index in [-0.39, 0.29) is 21.4 Å². The Morgan fingerprint density at radius 1 is 0.433 bits per heavy atom. The maximum atomic E-state index is 12.3. The monoisotopic (exact) mass is 416 g/mol. The molecule has 0 atom stereocenters. The molecule has 22 nitrogen and oxygen atoms in total. The third kappa shape index (κ3) is 2.86. The quantitative estimate of drug-likeness (QED) is 0.293. The van der Waals surface area contributed by atoms with E-state index < -0.39 is 34.9 Å². The second kappa shape index (κ2) is 6.62. The van der Waals surface area contributed by atoms with Crippen LogP contribution in [0.3, 0.4) is 0 Å². The predicted octanol–water partition coefficient (Wildman–Crippen LogP) is 2.21. The fourth-order valence-corrected chi connectivity index (χ4v) is 1.79. The highest BCUT2D eigenvalue weighted by Crippen LogP contribution is 2.33. The Hall–Kier alpha value is -5.44. The zero-order valence-corrected chi connectivity index (χ0v) is 13.6. The summed E-state index contributed by atoms with van der Waals surface area (Å²) in [6.45, 7) is 0. The lowest BCUT2D eigenvalue weighted by molar-refractivity contribution is -0.440. The van der Waals surface area contributed by atoms with Gasteiger partial charge in [0.05, 0.1) is 0 Å². The van der Waals surface area contributed by atoms with Crippen molar-refractivity contribution in [3.8, 4) is 0 Å². The first-order chi connectivity index (χ1) is 14.7. The minimum Gasteiger partial charge on any atom is -0.690 e. The second-order valence-electron chi connectivity index (χ2n) is 4.79. The van der Waals surface area contributed by atoms with E-state index in [0.29, 0.717) is 0 Å². The Morgan fingerprint density at radius 3 is 1.23 bits per heavy atom. The van der Waals surface area contributed by atoms with Gasteiger partial charge in [-0.1, -0.05) is 10.2 Å². The molecular weight excluding hydrogens is 416 g/mol. The van der Waals surface area contributed by atoms with Crippen LogP contribution >= 0.6 is 0 Å². The third-order valence-electron chi connectivity index (χ3n) is 3.03. The van der Waals surface area contributed by atoms with Gasteiger partial charge in [0.2, 0.25) is 0 Å². The van der Waals surface area contributed by atoms with Crippen LogP contribution in [0.5, 0.6) is 0 Å². The van der Waals surface area contributed by atoms with Gasteiger partial charge >= 0.3 is 23.3 Å². The van der Waals surface area contributed by atoms with Crippen molar-refractivity contribution in [3.63, 3.8) is 0 Å². The number of hydrogen-bond acceptors (Lipinski definition) is 20. The highest BCUT2D eigenvalue weighted by Gasteiger charge is 2.26. The predicted molar refractivity (Wildman–Crippen MR) is 76.3 cm³/mol. The Labute approximate surface area is 158 Å². The second-order valence-corrected chi connectivity index (χ2v) is 4.79. The van der Waals surface area contributed by atoms with E-state index in [1.54, 1.807) is 0 Å². The van der Waals surface area contributed by atoms with Crippen molar-refractivity contribution in [1.29, 1.82) is 0 Å². The van der Waals surface area contributed by atoms with Crippen molar-refractivity contribution >= 4 is 46.5 Å². The molecule has 22 heteroatoms. The maximum Gasteiger partial charge on any atom is 0.446 e. The van der Waals surface area contributed by atoms with Crippen molar-refractivity contribution in [2.45, 2.75) is 0 Å². The minimum atomic E-state index is -0.528. The number of aromatic nitrogens is 8. The molecule has 30 heavy (non-hydrogen) atoms. The standard InChI is InChI=1S/C8N16O6/c25-23-8-6(20-30-22-8)12-10-2-4(18-28-16-2)14-24(26)7-5(19-29-21-7)11-9-1-3(13-23)17-27-15-1. The molecule has 0 saturated heterocycles. The number of fused-ring (bicyclic) bond motifs is 4. The van der Waals surface area contributed by atoms with Crippen LogP contribution < -0.4 is 0 Å². The van der Waals surface area contributed by atoms with E-state index in [2.05, 4.69) is 90.5 Å². The van der Waals surface area contributed by atoms with Gasteiger partial charge in [0.1, 0.15) is 0 Å². The highest BCUT2D eigenvalue weighted by atomic mass is 16.6. The number of rotatable bonds is 0. The van der Waals surface area contributed by atoms with Crippen molar-refractivity contribution in [1.82, 2.24) is 41.3 Å². The van der Waals surface area contributed by atoms with Crippen LogP contribution in [0.1, 0.15) is 0 Å². The largest absolute Gasteiger partial charge is 0.690 e. The van der Waals surface area contributed by atoms with Gasteiger partial charge in [-0.3, -0.25) is 0 Å². The van der Waals surface area contributed by atoms with Gasteiger partial charge in [-0.25, -0.2) is 9.26 Å². The van der Waals surface area contributed by atoms with Gasteiger partial charge < -0.3 is 10.4 Å². The number of nitrogens with zero attached hydrogens (tertiary/aromatic N) is 16. The van der Waals surface area contributed by atoms with Gasteiger partial charge in [-0.2, -0.15) is 0 Å². The van der Waals surface area contributed by atoms with Crippen LogP contribution in [-0.4, -0.2) is 51.0 Å². The van der Waals surface area contributed by atoms with Gasteiger partial charge in [0.15, 0.2) is 10.3 Å². The van der Waals surface area contributed by atoms with Crippen molar-refractivity contribution in [2.75, 3.05) is 0 Å². The summed E-state index contributed by atoms with van der Waals surface area (Å²) in [6.07, 6.45) is 0. The average molecular weight is 416 g/mol. The Balaban J connectivity index is 1.70. The van der Waals surface area contributed by atoms with Crippen LogP contribution in [0.25, 0.3) is 0 Å². The molecule has 0 radical (unpaired) electrons. The summed E-state index contributed by atoms with van der Waals surface area (Å²) >= 11 is 0. The summed E-state index contributed by atoms with van der Waals surface area (Å²) in [5, 5.41) is 73.1. The van der Waals surface area contributed by atoms with Crippen LogP contribution in [0.4, 0.5) is 46.5 Å². The van der Waals surface area contributed by atoms with Crippen LogP contribution in [0, 0.1) is 10.4 Å². The van der Waals surface area contributed by atoms with Crippen molar-refractivity contribution in [3.05, 3.63) is 10.4 Å². The summed E-state index contributed by atoms with van der Waals surface area (Å²) in [5.41, 5.74) is 0. The first kappa shape index (κ1) is 16.7. The number of azo groups is 4. The SMILES string of the molecule is [O-][N+]1=Nc2nonc2N=Nc2nonc2[N+]([O-])=Nc2nonc2N=Nc2nonc21. The van der Waals surface area contributed by atoms with Crippen LogP contribution in [0.15, 0.2) is 49.2 Å². The zero-order valence-electron chi connectivity index (χ0n) is 13.6. The molecule has 5 heterocycles. The molecule has 0 saturated carbocycles.